The van der Waals surface area contributed by atoms with Crippen molar-refractivity contribution in [2.45, 2.75) is 4.90 Å². The summed E-state index contributed by atoms with van der Waals surface area (Å²) in [4.78, 5) is 0.246. The Hall–Kier alpha value is -2.55. The normalized spacial score (nSPS) is 12.3. The van der Waals surface area contributed by atoms with E-state index in [1.807, 2.05) is 60.0 Å². The van der Waals surface area contributed by atoms with Gasteiger partial charge in [0.25, 0.3) is 10.0 Å². The molecule has 0 saturated heterocycles. The number of sulfonamides is 1. The maximum atomic E-state index is 13.2. The van der Waals surface area contributed by atoms with Crippen LogP contribution in [0.4, 0.5) is 4.39 Å². The van der Waals surface area contributed by atoms with Crippen LogP contribution in [0.5, 0.6) is 0 Å². The minimum atomic E-state index is -4.00. The highest BCUT2D eigenvalue weighted by Gasteiger charge is 2.16. The molecule has 4 nitrogen and oxygen atoms in total. The Labute approximate surface area is 179 Å². The molecule has 0 unspecified atom stereocenters. The second kappa shape index (κ2) is 8.06. The number of aromatic nitrogens is 1. The van der Waals surface area contributed by atoms with Crippen LogP contribution in [0.15, 0.2) is 98.0 Å². The largest absolute Gasteiger partial charge is 0.285 e. The molecule has 146 valence electrons. The second-order valence-electron chi connectivity index (χ2n) is 6.10. The molecular formula is C21H14BrFN2O2S2. The van der Waals surface area contributed by atoms with E-state index in [-0.39, 0.29) is 4.90 Å². The van der Waals surface area contributed by atoms with E-state index in [4.69, 9.17) is 0 Å². The van der Waals surface area contributed by atoms with Crippen LogP contribution >= 0.6 is 27.3 Å². The maximum absolute atomic E-state index is 13.2. The lowest BCUT2D eigenvalue weighted by atomic mass is 10.1. The van der Waals surface area contributed by atoms with Gasteiger partial charge in [-0.25, -0.2) is 4.39 Å². The Bertz CT molecular complexity index is 1310. The van der Waals surface area contributed by atoms with Crippen LogP contribution < -0.4 is 4.80 Å². The Morgan fingerprint density at radius 1 is 0.897 bits per heavy atom. The number of hydrogen-bond acceptors (Lipinski definition) is 3. The van der Waals surface area contributed by atoms with E-state index < -0.39 is 15.8 Å². The molecule has 4 rings (SSSR count). The molecule has 8 heteroatoms. The van der Waals surface area contributed by atoms with Crippen molar-refractivity contribution in [1.29, 1.82) is 0 Å². The van der Waals surface area contributed by atoms with Gasteiger partial charge in [-0.15, -0.1) is 15.7 Å². The van der Waals surface area contributed by atoms with Crippen molar-refractivity contribution < 1.29 is 12.8 Å². The SMILES string of the molecule is O=S(=O)(/N=c1/scc(-c2ccc(Br)cc2)n1-c1ccccc1)c1ccc(F)cc1. The molecule has 0 atom stereocenters. The summed E-state index contributed by atoms with van der Waals surface area (Å²) < 4.78 is 45.5. The minimum Gasteiger partial charge on any atom is -0.284 e. The van der Waals surface area contributed by atoms with Gasteiger partial charge in [0.15, 0.2) is 0 Å². The highest BCUT2D eigenvalue weighted by molar-refractivity contribution is 9.10. The quantitative estimate of drug-likeness (QED) is 0.386. The molecule has 1 aromatic heterocycles. The number of rotatable bonds is 4. The van der Waals surface area contributed by atoms with Gasteiger partial charge in [-0.2, -0.15) is 8.42 Å². The Morgan fingerprint density at radius 3 is 2.21 bits per heavy atom. The van der Waals surface area contributed by atoms with E-state index in [1.165, 1.54) is 23.5 Å². The molecule has 0 aliphatic carbocycles. The molecular weight excluding hydrogens is 475 g/mol. The third-order valence-corrected chi connectivity index (χ3v) is 6.92. The first-order chi connectivity index (χ1) is 13.9. The zero-order valence-electron chi connectivity index (χ0n) is 14.9. The fourth-order valence-corrected chi connectivity index (χ4v) is 5.16. The molecule has 0 radical (unpaired) electrons. The molecule has 0 bridgehead atoms. The van der Waals surface area contributed by atoms with E-state index in [9.17, 15) is 12.8 Å². The summed E-state index contributed by atoms with van der Waals surface area (Å²) in [5.74, 6) is -0.503. The second-order valence-corrected chi connectivity index (χ2v) is 9.46. The number of hydrogen-bond donors (Lipinski definition) is 0. The molecule has 3 aromatic carbocycles. The van der Waals surface area contributed by atoms with Gasteiger partial charge in [0.05, 0.1) is 10.6 Å². The summed E-state index contributed by atoms with van der Waals surface area (Å²) in [7, 11) is -4.00. The van der Waals surface area contributed by atoms with E-state index in [0.29, 0.717) is 4.80 Å². The van der Waals surface area contributed by atoms with Crippen molar-refractivity contribution in [3.05, 3.63) is 99.3 Å². The van der Waals surface area contributed by atoms with Gasteiger partial charge in [0.2, 0.25) is 4.80 Å². The first kappa shape index (κ1) is 19.8. The van der Waals surface area contributed by atoms with Crippen LogP contribution in [0.1, 0.15) is 0 Å². The molecule has 0 aliphatic heterocycles. The van der Waals surface area contributed by atoms with Crippen molar-refractivity contribution in [3.8, 4) is 16.9 Å². The molecule has 0 aliphatic rings. The Kier molecular flexibility index (Phi) is 5.49. The van der Waals surface area contributed by atoms with Gasteiger partial charge in [-0.1, -0.05) is 46.3 Å². The maximum Gasteiger partial charge on any atom is 0.285 e. The van der Waals surface area contributed by atoms with Crippen LogP contribution in [0.25, 0.3) is 16.9 Å². The van der Waals surface area contributed by atoms with Crippen molar-refractivity contribution in [2.24, 2.45) is 4.40 Å². The van der Waals surface area contributed by atoms with Gasteiger partial charge in [-0.3, -0.25) is 4.57 Å². The van der Waals surface area contributed by atoms with Gasteiger partial charge in [-0.05, 0) is 54.1 Å². The summed E-state index contributed by atoms with van der Waals surface area (Å²) in [6.45, 7) is 0. The highest BCUT2D eigenvalue weighted by Crippen LogP contribution is 2.25. The first-order valence-electron chi connectivity index (χ1n) is 8.52. The van der Waals surface area contributed by atoms with E-state index in [2.05, 4.69) is 20.3 Å². The smallest absolute Gasteiger partial charge is 0.284 e. The average molecular weight is 489 g/mol. The topological polar surface area (TPSA) is 51.4 Å². The van der Waals surface area contributed by atoms with Gasteiger partial charge in [0.1, 0.15) is 5.82 Å². The molecule has 4 aromatic rings. The van der Waals surface area contributed by atoms with Crippen LogP contribution in [0.3, 0.4) is 0 Å². The molecule has 0 spiro atoms. The van der Waals surface area contributed by atoms with Crippen LogP contribution in [0, 0.1) is 5.82 Å². The lowest BCUT2D eigenvalue weighted by Crippen LogP contribution is -2.16. The lowest BCUT2D eigenvalue weighted by Gasteiger charge is -2.09. The Morgan fingerprint density at radius 2 is 1.55 bits per heavy atom. The zero-order valence-corrected chi connectivity index (χ0v) is 18.1. The fourth-order valence-electron chi connectivity index (χ4n) is 2.79. The van der Waals surface area contributed by atoms with Crippen molar-refractivity contribution in [2.75, 3.05) is 0 Å². The average Bonchev–Trinajstić information content (AvgIpc) is 3.12. The van der Waals surface area contributed by atoms with Crippen molar-refractivity contribution in [1.82, 2.24) is 4.57 Å². The van der Waals surface area contributed by atoms with Crippen LogP contribution in [0.2, 0.25) is 0 Å². The predicted molar refractivity (Wildman–Crippen MR) is 116 cm³/mol. The summed E-state index contributed by atoms with van der Waals surface area (Å²) in [5, 5.41) is 1.87. The molecule has 29 heavy (non-hydrogen) atoms. The lowest BCUT2D eigenvalue weighted by molar-refractivity contribution is 0.595. The third kappa shape index (κ3) is 4.24. The number of thiazole rings is 1. The van der Waals surface area contributed by atoms with Gasteiger partial charge < -0.3 is 0 Å². The predicted octanol–water partition coefficient (Wildman–Crippen LogP) is 5.40. The summed E-state index contributed by atoms with van der Waals surface area (Å²) in [5.41, 5.74) is 2.54. The monoisotopic (exact) mass is 488 g/mol. The molecule has 0 saturated carbocycles. The molecule has 0 amide bonds. The molecule has 1 heterocycles. The fraction of sp³-hybridized carbons (Fsp3) is 0. The minimum absolute atomic E-state index is 0.0582. The van der Waals surface area contributed by atoms with Crippen molar-refractivity contribution >= 4 is 37.3 Å². The summed E-state index contributed by atoms with van der Waals surface area (Å²) in [6, 6.07) is 21.8. The third-order valence-electron chi connectivity index (χ3n) is 4.17. The number of benzene rings is 3. The standard InChI is InChI=1S/C21H14BrFN2O2S2/c22-16-8-6-15(7-9-16)20-14-28-21(25(20)18-4-2-1-3-5-18)24-29(26,27)19-12-10-17(23)11-13-19/h1-14H/b24-21+. The number of para-hydroxylation sites is 1. The van der Waals surface area contributed by atoms with Gasteiger partial charge in [0, 0.05) is 15.5 Å². The van der Waals surface area contributed by atoms with Crippen molar-refractivity contribution in [3.63, 3.8) is 0 Å². The van der Waals surface area contributed by atoms with Crippen LogP contribution in [-0.2, 0) is 10.0 Å². The summed E-state index contributed by atoms with van der Waals surface area (Å²) >= 11 is 4.65. The number of nitrogens with zero attached hydrogens (tertiary/aromatic N) is 2. The highest BCUT2D eigenvalue weighted by atomic mass is 79.9. The molecule has 0 N–H and O–H groups in total. The van der Waals surface area contributed by atoms with E-state index in [0.717, 1.165) is 33.6 Å². The van der Waals surface area contributed by atoms with E-state index >= 15 is 0 Å². The zero-order chi connectivity index (χ0) is 20.4. The van der Waals surface area contributed by atoms with Gasteiger partial charge >= 0.3 is 0 Å². The van der Waals surface area contributed by atoms with E-state index in [1.54, 1.807) is 4.57 Å². The van der Waals surface area contributed by atoms with Crippen LogP contribution in [-0.4, -0.2) is 13.0 Å². The summed E-state index contributed by atoms with van der Waals surface area (Å²) in [6.07, 6.45) is 0. The molecule has 0 fully saturated rings. The number of halogens is 2. The Balaban J connectivity index is 1.93. The first-order valence-corrected chi connectivity index (χ1v) is 11.6.